The number of ether oxygens (including phenoxy) is 2. The van der Waals surface area contributed by atoms with E-state index in [4.69, 9.17) is 9.47 Å². The van der Waals surface area contributed by atoms with E-state index in [2.05, 4.69) is 4.90 Å². The minimum Gasteiger partial charge on any atom is -0.497 e. The van der Waals surface area contributed by atoms with Crippen molar-refractivity contribution < 1.29 is 14.3 Å². The van der Waals surface area contributed by atoms with Crippen LogP contribution in [0.3, 0.4) is 0 Å². The van der Waals surface area contributed by atoms with Crippen LogP contribution in [-0.4, -0.2) is 39.2 Å². The van der Waals surface area contributed by atoms with Crippen LogP contribution in [0.15, 0.2) is 30.3 Å². The van der Waals surface area contributed by atoms with Gasteiger partial charge >= 0.3 is 0 Å². The van der Waals surface area contributed by atoms with Crippen molar-refractivity contribution in [2.24, 2.45) is 0 Å². The van der Waals surface area contributed by atoms with Gasteiger partial charge in [0.25, 0.3) is 0 Å². The van der Waals surface area contributed by atoms with E-state index in [1.807, 2.05) is 30.3 Å². The first-order valence-corrected chi connectivity index (χ1v) is 7.14. The first kappa shape index (κ1) is 13.9. The summed E-state index contributed by atoms with van der Waals surface area (Å²) in [6.45, 7) is 4.72. The molecule has 0 N–H and O–H groups in total. The predicted molar refractivity (Wildman–Crippen MR) is 83.5 cm³/mol. The highest BCUT2D eigenvalue weighted by molar-refractivity contribution is 6.04. The summed E-state index contributed by atoms with van der Waals surface area (Å²) in [6.07, 6.45) is 0. The number of ketones is 1. The smallest absolute Gasteiger partial charge is 0.159 e. The Morgan fingerprint density at radius 3 is 2.62 bits per heavy atom. The van der Waals surface area contributed by atoms with Gasteiger partial charge in [0.05, 0.1) is 20.3 Å². The Balaban J connectivity index is 2.18. The Hall–Kier alpha value is -2.07. The number of methoxy groups -OCH3 is 1. The molecule has 1 aliphatic rings. The zero-order valence-electron chi connectivity index (χ0n) is 12.4. The fourth-order valence-electron chi connectivity index (χ4n) is 2.71. The molecule has 0 radical (unpaired) electrons. The second-order valence-electron chi connectivity index (χ2n) is 5.24. The van der Waals surface area contributed by atoms with E-state index in [1.165, 1.54) is 0 Å². The molecule has 2 aromatic carbocycles. The molecule has 0 atom stereocenters. The molecule has 0 aliphatic carbocycles. The molecule has 0 unspecified atom stereocenters. The average molecular weight is 285 g/mol. The molecule has 110 valence electrons. The molecule has 1 fully saturated rings. The summed E-state index contributed by atoms with van der Waals surface area (Å²) < 4.78 is 10.8. The summed E-state index contributed by atoms with van der Waals surface area (Å²) >= 11 is 0. The van der Waals surface area contributed by atoms with Crippen LogP contribution >= 0.6 is 0 Å². The third kappa shape index (κ3) is 2.72. The first-order valence-electron chi connectivity index (χ1n) is 7.14. The molecule has 0 saturated carbocycles. The van der Waals surface area contributed by atoms with Crippen molar-refractivity contribution >= 4 is 22.2 Å². The summed E-state index contributed by atoms with van der Waals surface area (Å²) in [5.74, 6) is 0.912. The van der Waals surface area contributed by atoms with Gasteiger partial charge in [0.15, 0.2) is 5.78 Å². The number of benzene rings is 2. The molecule has 0 spiro atoms. The van der Waals surface area contributed by atoms with Gasteiger partial charge in [-0.25, -0.2) is 0 Å². The third-order valence-corrected chi connectivity index (χ3v) is 3.90. The van der Waals surface area contributed by atoms with Crippen LogP contribution in [0.2, 0.25) is 0 Å². The van der Waals surface area contributed by atoms with Crippen LogP contribution in [-0.2, 0) is 4.74 Å². The van der Waals surface area contributed by atoms with Gasteiger partial charge in [0.1, 0.15) is 5.75 Å². The molecule has 2 aromatic rings. The zero-order chi connectivity index (χ0) is 14.8. The van der Waals surface area contributed by atoms with Gasteiger partial charge in [-0.1, -0.05) is 6.07 Å². The Morgan fingerprint density at radius 1 is 1.19 bits per heavy atom. The maximum absolute atomic E-state index is 11.8. The normalized spacial score (nSPS) is 15.2. The van der Waals surface area contributed by atoms with Gasteiger partial charge in [0.2, 0.25) is 0 Å². The average Bonchev–Trinajstić information content (AvgIpc) is 2.54. The number of rotatable bonds is 3. The Bertz CT molecular complexity index is 675. The largest absolute Gasteiger partial charge is 0.497 e. The van der Waals surface area contributed by atoms with Crippen LogP contribution in [0.4, 0.5) is 5.69 Å². The highest BCUT2D eigenvalue weighted by Crippen LogP contribution is 2.32. The second kappa shape index (κ2) is 5.74. The van der Waals surface area contributed by atoms with Crippen LogP contribution < -0.4 is 9.64 Å². The SMILES string of the molecule is COc1ccc2cc(C(C)=O)cc(N3CCOCC3)c2c1. The van der Waals surface area contributed by atoms with Gasteiger partial charge in [-0.05, 0) is 36.6 Å². The highest BCUT2D eigenvalue weighted by Gasteiger charge is 2.16. The van der Waals surface area contributed by atoms with E-state index in [0.717, 1.165) is 54.1 Å². The van der Waals surface area contributed by atoms with Crippen molar-refractivity contribution in [3.8, 4) is 5.75 Å². The van der Waals surface area contributed by atoms with Gasteiger partial charge in [-0.3, -0.25) is 4.79 Å². The number of anilines is 1. The molecule has 1 saturated heterocycles. The van der Waals surface area contributed by atoms with Crippen LogP contribution in [0.1, 0.15) is 17.3 Å². The van der Waals surface area contributed by atoms with Crippen molar-refractivity contribution in [2.75, 3.05) is 38.3 Å². The van der Waals surface area contributed by atoms with E-state index < -0.39 is 0 Å². The van der Waals surface area contributed by atoms with Crippen LogP contribution in [0, 0.1) is 0 Å². The lowest BCUT2D eigenvalue weighted by atomic mass is 10.0. The van der Waals surface area contributed by atoms with E-state index in [9.17, 15) is 4.79 Å². The van der Waals surface area contributed by atoms with E-state index >= 15 is 0 Å². The summed E-state index contributed by atoms with van der Waals surface area (Å²) in [5.41, 5.74) is 1.83. The van der Waals surface area contributed by atoms with E-state index in [0.29, 0.717) is 0 Å². The lowest BCUT2D eigenvalue weighted by molar-refractivity contribution is 0.101. The Morgan fingerprint density at radius 2 is 1.95 bits per heavy atom. The summed E-state index contributed by atoms with van der Waals surface area (Å²) in [7, 11) is 1.67. The number of nitrogens with zero attached hydrogens (tertiary/aromatic N) is 1. The van der Waals surface area contributed by atoms with Crippen LogP contribution in [0.5, 0.6) is 5.75 Å². The topological polar surface area (TPSA) is 38.8 Å². The minimum absolute atomic E-state index is 0.0854. The molecule has 21 heavy (non-hydrogen) atoms. The van der Waals surface area contributed by atoms with Crippen molar-refractivity contribution in [1.82, 2.24) is 0 Å². The predicted octanol–water partition coefficient (Wildman–Crippen LogP) is 2.89. The van der Waals surface area contributed by atoms with Gasteiger partial charge in [0, 0.05) is 29.7 Å². The van der Waals surface area contributed by atoms with E-state index in [1.54, 1.807) is 14.0 Å². The minimum atomic E-state index is 0.0854. The van der Waals surface area contributed by atoms with Crippen LogP contribution in [0.25, 0.3) is 10.8 Å². The lowest BCUT2D eigenvalue weighted by Gasteiger charge is -2.30. The molecular weight excluding hydrogens is 266 g/mol. The number of hydrogen-bond donors (Lipinski definition) is 0. The third-order valence-electron chi connectivity index (χ3n) is 3.90. The van der Waals surface area contributed by atoms with Crippen molar-refractivity contribution in [3.63, 3.8) is 0 Å². The molecule has 4 nitrogen and oxygen atoms in total. The maximum atomic E-state index is 11.8. The molecule has 4 heteroatoms. The Labute approximate surface area is 124 Å². The molecule has 0 amide bonds. The molecule has 0 aromatic heterocycles. The number of carbonyl (C=O) groups is 1. The first-order chi connectivity index (χ1) is 10.2. The van der Waals surface area contributed by atoms with Crippen molar-refractivity contribution in [1.29, 1.82) is 0 Å². The van der Waals surface area contributed by atoms with Gasteiger partial charge in [-0.2, -0.15) is 0 Å². The molecular formula is C17H19NO3. The number of Topliss-reactive ketones (excluding diaryl/α,β-unsaturated/α-hetero) is 1. The van der Waals surface area contributed by atoms with Crippen molar-refractivity contribution in [3.05, 3.63) is 35.9 Å². The van der Waals surface area contributed by atoms with Crippen molar-refractivity contribution in [2.45, 2.75) is 6.92 Å². The number of morpholine rings is 1. The standard InChI is InChI=1S/C17H19NO3/c1-12(19)14-9-13-3-4-15(20-2)11-16(13)17(10-14)18-5-7-21-8-6-18/h3-4,9-11H,5-8H2,1-2H3. The van der Waals surface area contributed by atoms with Gasteiger partial charge in [-0.15, -0.1) is 0 Å². The number of hydrogen-bond acceptors (Lipinski definition) is 4. The van der Waals surface area contributed by atoms with Gasteiger partial charge < -0.3 is 14.4 Å². The quantitative estimate of drug-likeness (QED) is 0.813. The monoisotopic (exact) mass is 285 g/mol. The number of carbonyl (C=O) groups excluding carboxylic acids is 1. The maximum Gasteiger partial charge on any atom is 0.159 e. The molecule has 1 heterocycles. The summed E-state index contributed by atoms with van der Waals surface area (Å²) in [4.78, 5) is 14.1. The van der Waals surface area contributed by atoms with E-state index in [-0.39, 0.29) is 5.78 Å². The molecule has 3 rings (SSSR count). The fraction of sp³-hybridized carbons (Fsp3) is 0.353. The highest BCUT2D eigenvalue weighted by atomic mass is 16.5. The summed E-state index contributed by atoms with van der Waals surface area (Å²) in [5, 5.41) is 2.17. The fourth-order valence-corrected chi connectivity index (χ4v) is 2.71. The number of fused-ring (bicyclic) bond motifs is 1. The lowest BCUT2D eigenvalue weighted by Crippen LogP contribution is -2.36. The Kier molecular flexibility index (Phi) is 3.80. The second-order valence-corrected chi connectivity index (χ2v) is 5.24. The summed E-state index contributed by atoms with van der Waals surface area (Å²) in [6, 6.07) is 9.89. The molecule has 0 bridgehead atoms. The molecule has 1 aliphatic heterocycles. The zero-order valence-corrected chi connectivity index (χ0v) is 12.4.